The minimum absolute atomic E-state index is 0.269. The van der Waals surface area contributed by atoms with Gasteiger partial charge in [0.05, 0.1) is 5.69 Å². The summed E-state index contributed by atoms with van der Waals surface area (Å²) in [5.41, 5.74) is 1.66. The molecule has 1 fully saturated rings. The van der Waals surface area contributed by atoms with Gasteiger partial charge in [-0.05, 0) is 31.9 Å². The maximum absolute atomic E-state index is 12.3. The first kappa shape index (κ1) is 17.2. The summed E-state index contributed by atoms with van der Waals surface area (Å²) in [6.45, 7) is 4.54. The third kappa shape index (κ3) is 3.14. The van der Waals surface area contributed by atoms with Crippen LogP contribution in [-0.2, 0) is 16.6 Å². The number of benzene rings is 1. The lowest BCUT2D eigenvalue weighted by molar-refractivity contribution is 0.157. The molecule has 0 bridgehead atoms. The van der Waals surface area contributed by atoms with E-state index < -0.39 is 10.0 Å². The Morgan fingerprint density at radius 3 is 2.69 bits per heavy atom. The minimum Gasteiger partial charge on any atom is -0.361 e. The molecule has 0 unspecified atom stereocenters. The van der Waals surface area contributed by atoms with Crippen LogP contribution in [0.1, 0.15) is 29.9 Å². The Labute approximate surface area is 153 Å². The van der Waals surface area contributed by atoms with Crippen molar-refractivity contribution in [2.24, 2.45) is 4.40 Å². The van der Waals surface area contributed by atoms with E-state index in [0.29, 0.717) is 16.3 Å². The van der Waals surface area contributed by atoms with Crippen LogP contribution in [0.3, 0.4) is 0 Å². The lowest BCUT2D eigenvalue weighted by Gasteiger charge is -2.37. The number of aryl methyl sites for hydroxylation is 1. The van der Waals surface area contributed by atoms with Crippen LogP contribution in [0.15, 0.2) is 44.1 Å². The van der Waals surface area contributed by atoms with E-state index in [2.05, 4.69) is 14.5 Å². The Morgan fingerprint density at radius 2 is 2.00 bits per heavy atom. The third-order valence-electron chi connectivity index (χ3n) is 5.11. The van der Waals surface area contributed by atoms with E-state index in [-0.39, 0.29) is 6.04 Å². The number of rotatable bonds is 3. The summed E-state index contributed by atoms with van der Waals surface area (Å²) in [6.07, 6.45) is 1.91. The van der Waals surface area contributed by atoms with Crippen molar-refractivity contribution in [3.8, 4) is 0 Å². The van der Waals surface area contributed by atoms with Crippen molar-refractivity contribution >= 4 is 15.9 Å². The van der Waals surface area contributed by atoms with Crippen molar-refractivity contribution < 1.29 is 12.9 Å². The lowest BCUT2D eigenvalue weighted by Crippen LogP contribution is -2.45. The summed E-state index contributed by atoms with van der Waals surface area (Å²) in [5, 5.41) is 4.06. The number of sulfonamides is 1. The van der Waals surface area contributed by atoms with Gasteiger partial charge in [0.1, 0.15) is 10.7 Å². The highest BCUT2D eigenvalue weighted by molar-refractivity contribution is 7.90. The zero-order chi connectivity index (χ0) is 18.3. The average Bonchev–Trinajstić information content (AvgIpc) is 3.16. The fraction of sp³-hybridized carbons (Fsp3) is 0.444. The van der Waals surface area contributed by atoms with Crippen molar-refractivity contribution in [1.29, 1.82) is 0 Å². The highest BCUT2D eigenvalue weighted by Gasteiger charge is 2.33. The van der Waals surface area contributed by atoms with Crippen molar-refractivity contribution in [3.05, 3.63) is 47.3 Å². The Morgan fingerprint density at radius 1 is 1.27 bits per heavy atom. The maximum atomic E-state index is 12.3. The van der Waals surface area contributed by atoms with E-state index in [0.717, 1.165) is 43.9 Å². The molecule has 138 valence electrons. The molecular weight excluding hydrogens is 352 g/mol. The molecule has 0 amide bonds. The summed E-state index contributed by atoms with van der Waals surface area (Å²) in [4.78, 5) is 4.68. The number of piperidine rings is 1. The summed E-state index contributed by atoms with van der Waals surface area (Å²) in [6, 6.07) is 9.28. The number of likely N-dealkylation sites (tertiary alicyclic amines) is 1. The highest BCUT2D eigenvalue weighted by atomic mass is 32.2. The van der Waals surface area contributed by atoms with Gasteiger partial charge in [-0.25, -0.2) is 0 Å². The van der Waals surface area contributed by atoms with E-state index in [9.17, 15) is 8.42 Å². The standard InChI is InChI=1S/C18H22N4O3S/c1-13-11-14(19-25-13)12-22-9-7-15(8-10-22)21(2)18-16-5-3-4-6-17(16)26(23,24)20-18/h3-6,11,15H,7-10,12H2,1-2H3. The summed E-state index contributed by atoms with van der Waals surface area (Å²) in [7, 11) is -1.63. The predicted molar refractivity (Wildman–Crippen MR) is 97.5 cm³/mol. The molecule has 26 heavy (non-hydrogen) atoms. The smallest absolute Gasteiger partial charge is 0.285 e. The number of fused-ring (bicyclic) bond motifs is 1. The van der Waals surface area contributed by atoms with Gasteiger partial charge in [0.2, 0.25) is 0 Å². The molecule has 7 nitrogen and oxygen atoms in total. The number of nitrogens with zero attached hydrogens (tertiary/aromatic N) is 4. The molecule has 0 spiro atoms. The molecule has 2 aliphatic heterocycles. The monoisotopic (exact) mass is 374 g/mol. The first-order chi connectivity index (χ1) is 12.4. The molecule has 1 saturated heterocycles. The fourth-order valence-corrected chi connectivity index (χ4v) is 4.94. The SMILES string of the molecule is Cc1cc(CN2CCC(N(C)C3=NS(=O)(=O)c4ccccc43)CC2)no1. The van der Waals surface area contributed by atoms with Crippen molar-refractivity contribution in [2.45, 2.75) is 37.2 Å². The number of aromatic nitrogens is 1. The molecule has 8 heteroatoms. The normalized spacial score (nSPS) is 20.0. The largest absolute Gasteiger partial charge is 0.361 e. The van der Waals surface area contributed by atoms with Gasteiger partial charge < -0.3 is 9.42 Å². The Balaban J connectivity index is 1.44. The predicted octanol–water partition coefficient (Wildman–Crippen LogP) is 2.03. The molecule has 2 aromatic rings. The van der Waals surface area contributed by atoms with E-state index >= 15 is 0 Å². The van der Waals surface area contributed by atoms with Gasteiger partial charge in [-0.15, -0.1) is 4.40 Å². The number of hydrogen-bond acceptors (Lipinski definition) is 6. The molecule has 0 aliphatic carbocycles. The Hall–Kier alpha value is -2.19. The van der Waals surface area contributed by atoms with Crippen molar-refractivity contribution in [1.82, 2.24) is 15.0 Å². The van der Waals surface area contributed by atoms with Gasteiger partial charge in [-0.3, -0.25) is 4.90 Å². The van der Waals surface area contributed by atoms with Crippen LogP contribution >= 0.6 is 0 Å². The quantitative estimate of drug-likeness (QED) is 0.818. The Bertz CT molecular complexity index is 943. The van der Waals surface area contributed by atoms with Gasteiger partial charge in [-0.1, -0.05) is 17.3 Å². The van der Waals surface area contributed by atoms with Crippen LogP contribution in [0.2, 0.25) is 0 Å². The first-order valence-corrected chi connectivity index (χ1v) is 10.2. The van der Waals surface area contributed by atoms with Crippen LogP contribution in [0.25, 0.3) is 0 Å². The molecule has 0 atom stereocenters. The summed E-state index contributed by atoms with van der Waals surface area (Å²) < 4.78 is 33.7. The van der Waals surface area contributed by atoms with Gasteiger partial charge in [0.15, 0.2) is 5.84 Å². The molecule has 0 saturated carbocycles. The highest BCUT2D eigenvalue weighted by Crippen LogP contribution is 2.29. The number of amidine groups is 1. The summed E-state index contributed by atoms with van der Waals surface area (Å²) in [5.74, 6) is 1.39. The van der Waals surface area contributed by atoms with Crippen molar-refractivity contribution in [3.63, 3.8) is 0 Å². The third-order valence-corrected chi connectivity index (χ3v) is 6.44. The van der Waals surface area contributed by atoms with Gasteiger partial charge in [0, 0.05) is 44.4 Å². The van der Waals surface area contributed by atoms with Crippen LogP contribution in [0, 0.1) is 6.92 Å². The molecule has 1 aromatic carbocycles. The van der Waals surface area contributed by atoms with Gasteiger partial charge in [0.25, 0.3) is 10.0 Å². The molecule has 3 heterocycles. The second kappa shape index (κ2) is 6.51. The molecule has 4 rings (SSSR count). The Kier molecular flexibility index (Phi) is 4.32. The van der Waals surface area contributed by atoms with Crippen LogP contribution in [0.5, 0.6) is 0 Å². The maximum Gasteiger partial charge on any atom is 0.285 e. The van der Waals surface area contributed by atoms with Crippen LogP contribution < -0.4 is 0 Å². The van der Waals surface area contributed by atoms with Gasteiger partial charge in [-0.2, -0.15) is 8.42 Å². The topological polar surface area (TPSA) is 79.0 Å². The molecule has 2 aliphatic rings. The molecule has 0 radical (unpaired) electrons. The fourth-order valence-electron chi connectivity index (χ4n) is 3.70. The van der Waals surface area contributed by atoms with Crippen LogP contribution in [0.4, 0.5) is 0 Å². The number of hydrogen-bond donors (Lipinski definition) is 0. The van der Waals surface area contributed by atoms with E-state index in [4.69, 9.17) is 4.52 Å². The molecule has 1 aromatic heterocycles. The second-order valence-corrected chi connectivity index (χ2v) is 8.51. The van der Waals surface area contributed by atoms with E-state index in [1.165, 1.54) is 0 Å². The van der Waals surface area contributed by atoms with Gasteiger partial charge >= 0.3 is 0 Å². The first-order valence-electron chi connectivity index (χ1n) is 8.76. The lowest BCUT2D eigenvalue weighted by atomic mass is 10.0. The van der Waals surface area contributed by atoms with Crippen LogP contribution in [-0.4, -0.2) is 55.4 Å². The van der Waals surface area contributed by atoms with Crippen molar-refractivity contribution in [2.75, 3.05) is 20.1 Å². The minimum atomic E-state index is -3.57. The average molecular weight is 374 g/mol. The molecular formula is C18H22N4O3S. The van der Waals surface area contributed by atoms with E-state index in [1.807, 2.05) is 37.1 Å². The molecule has 0 N–H and O–H groups in total. The zero-order valence-electron chi connectivity index (χ0n) is 14.9. The second-order valence-electron chi connectivity index (χ2n) is 6.93. The van der Waals surface area contributed by atoms with E-state index in [1.54, 1.807) is 12.1 Å². The zero-order valence-corrected chi connectivity index (χ0v) is 15.7. The summed E-state index contributed by atoms with van der Waals surface area (Å²) >= 11 is 0.